The van der Waals surface area contributed by atoms with Gasteiger partial charge in [0.15, 0.2) is 0 Å². The van der Waals surface area contributed by atoms with Gasteiger partial charge in [-0.2, -0.15) is 0 Å². The van der Waals surface area contributed by atoms with Crippen molar-refractivity contribution in [2.24, 2.45) is 0 Å². The molecule has 2 aliphatic rings. The van der Waals surface area contributed by atoms with E-state index in [0.29, 0.717) is 6.04 Å². The molecule has 0 aromatic heterocycles. The van der Waals surface area contributed by atoms with Gasteiger partial charge in [0.25, 0.3) is 0 Å². The lowest BCUT2D eigenvalue weighted by Crippen LogP contribution is -2.42. The summed E-state index contributed by atoms with van der Waals surface area (Å²) >= 11 is 6.29. The van der Waals surface area contributed by atoms with Crippen molar-refractivity contribution >= 4 is 17.3 Å². The first-order valence-corrected chi connectivity index (χ1v) is 7.37. The Balaban J connectivity index is 1.66. The second kappa shape index (κ2) is 5.10. The molecule has 0 amide bonds. The predicted octanol–water partition coefficient (Wildman–Crippen LogP) is 3.69. The summed E-state index contributed by atoms with van der Waals surface area (Å²) in [7, 11) is 0. The highest BCUT2D eigenvalue weighted by Crippen LogP contribution is 2.30. The molecule has 2 nitrogen and oxygen atoms in total. The lowest BCUT2D eigenvalue weighted by atomic mass is 9.97. The zero-order chi connectivity index (χ0) is 12.5. The van der Waals surface area contributed by atoms with Crippen LogP contribution in [0, 0.1) is 6.92 Å². The quantitative estimate of drug-likeness (QED) is 0.877. The van der Waals surface area contributed by atoms with Crippen LogP contribution in [0.5, 0.6) is 0 Å². The van der Waals surface area contributed by atoms with Crippen LogP contribution < -0.4 is 5.32 Å². The normalized spacial score (nSPS) is 28.1. The average Bonchev–Trinajstić information content (AvgIpc) is 2.80. The lowest BCUT2D eigenvalue weighted by molar-refractivity contribution is 0.188. The van der Waals surface area contributed by atoms with Gasteiger partial charge >= 0.3 is 0 Å². The van der Waals surface area contributed by atoms with Gasteiger partial charge in [-0.05, 0) is 56.8 Å². The Morgan fingerprint density at radius 3 is 3.00 bits per heavy atom. The van der Waals surface area contributed by atoms with E-state index in [4.69, 9.17) is 11.6 Å². The fraction of sp³-hybridized carbons (Fsp3) is 0.600. The lowest BCUT2D eigenvalue weighted by Gasteiger charge is -2.35. The second-order valence-electron chi connectivity index (χ2n) is 5.68. The second-order valence-corrected chi connectivity index (χ2v) is 6.09. The highest BCUT2D eigenvalue weighted by molar-refractivity contribution is 6.33. The number of halogens is 1. The van der Waals surface area contributed by atoms with Gasteiger partial charge in [-0.1, -0.05) is 17.7 Å². The molecule has 98 valence electrons. The molecular weight excluding hydrogens is 244 g/mol. The van der Waals surface area contributed by atoms with Crippen LogP contribution in [0.25, 0.3) is 0 Å². The van der Waals surface area contributed by atoms with E-state index in [-0.39, 0.29) is 0 Å². The van der Waals surface area contributed by atoms with Crippen LogP contribution in [0.1, 0.15) is 31.2 Å². The van der Waals surface area contributed by atoms with E-state index < -0.39 is 0 Å². The Bertz CT molecular complexity index is 433. The van der Waals surface area contributed by atoms with Crippen LogP contribution in [0.15, 0.2) is 18.2 Å². The van der Waals surface area contributed by atoms with Crippen molar-refractivity contribution in [1.29, 1.82) is 0 Å². The number of hydrogen-bond acceptors (Lipinski definition) is 2. The number of hydrogen-bond donors (Lipinski definition) is 1. The molecule has 0 radical (unpaired) electrons. The van der Waals surface area contributed by atoms with Crippen molar-refractivity contribution in [2.75, 3.05) is 18.4 Å². The molecular formula is C15H21ClN2. The summed E-state index contributed by atoms with van der Waals surface area (Å²) in [5.74, 6) is 0. The van der Waals surface area contributed by atoms with E-state index >= 15 is 0 Å². The fourth-order valence-corrected chi connectivity index (χ4v) is 3.60. The van der Waals surface area contributed by atoms with Gasteiger partial charge in [0.05, 0.1) is 10.7 Å². The molecule has 1 aromatic carbocycles. The standard InChI is InChI=1S/C15H21ClN2/c1-11-4-5-15(14(16)9-11)17-12-6-8-18-7-2-3-13(18)10-12/h4-5,9,12-13,17H,2-3,6-8,10H2,1H3. The molecule has 2 atom stereocenters. The van der Waals surface area contributed by atoms with Crippen molar-refractivity contribution < 1.29 is 0 Å². The summed E-state index contributed by atoms with van der Waals surface area (Å²) in [6, 6.07) is 7.66. The van der Waals surface area contributed by atoms with E-state index in [1.165, 1.54) is 44.3 Å². The molecule has 0 bridgehead atoms. The predicted molar refractivity (Wildman–Crippen MR) is 77.4 cm³/mol. The summed E-state index contributed by atoms with van der Waals surface area (Å²) in [6.45, 7) is 4.63. The summed E-state index contributed by atoms with van der Waals surface area (Å²) in [5.41, 5.74) is 2.31. The molecule has 0 aliphatic carbocycles. The number of fused-ring (bicyclic) bond motifs is 1. The Kier molecular flexibility index (Phi) is 3.49. The van der Waals surface area contributed by atoms with Gasteiger partial charge in [0.2, 0.25) is 0 Å². The molecule has 2 unspecified atom stereocenters. The molecule has 2 saturated heterocycles. The van der Waals surface area contributed by atoms with Crippen LogP contribution in [-0.4, -0.2) is 30.1 Å². The monoisotopic (exact) mass is 264 g/mol. The summed E-state index contributed by atoms with van der Waals surface area (Å²) in [6.07, 6.45) is 5.26. The third kappa shape index (κ3) is 2.50. The zero-order valence-corrected chi connectivity index (χ0v) is 11.7. The molecule has 1 N–H and O–H groups in total. The number of aryl methyl sites for hydroxylation is 1. The van der Waals surface area contributed by atoms with Crippen molar-refractivity contribution in [2.45, 2.75) is 44.7 Å². The molecule has 2 heterocycles. The molecule has 0 spiro atoms. The fourth-order valence-electron chi connectivity index (χ4n) is 3.31. The van der Waals surface area contributed by atoms with Crippen LogP contribution >= 0.6 is 11.6 Å². The summed E-state index contributed by atoms with van der Waals surface area (Å²) in [4.78, 5) is 2.65. The topological polar surface area (TPSA) is 15.3 Å². The van der Waals surface area contributed by atoms with Gasteiger partial charge in [-0.25, -0.2) is 0 Å². The molecule has 2 fully saturated rings. The molecule has 18 heavy (non-hydrogen) atoms. The average molecular weight is 265 g/mol. The minimum absolute atomic E-state index is 0.588. The zero-order valence-electron chi connectivity index (χ0n) is 11.0. The van der Waals surface area contributed by atoms with Crippen LogP contribution in [0.2, 0.25) is 5.02 Å². The smallest absolute Gasteiger partial charge is 0.0640 e. The first-order valence-electron chi connectivity index (χ1n) is 6.99. The van der Waals surface area contributed by atoms with Gasteiger partial charge in [0.1, 0.15) is 0 Å². The van der Waals surface area contributed by atoms with Crippen LogP contribution in [0.4, 0.5) is 5.69 Å². The van der Waals surface area contributed by atoms with E-state index in [1.807, 2.05) is 6.07 Å². The number of rotatable bonds is 2. The largest absolute Gasteiger partial charge is 0.381 e. The van der Waals surface area contributed by atoms with Crippen molar-refractivity contribution in [3.8, 4) is 0 Å². The van der Waals surface area contributed by atoms with E-state index in [9.17, 15) is 0 Å². The number of nitrogens with zero attached hydrogens (tertiary/aromatic N) is 1. The molecule has 2 aliphatic heterocycles. The van der Waals surface area contributed by atoms with Crippen molar-refractivity contribution in [1.82, 2.24) is 4.90 Å². The molecule has 3 heteroatoms. The van der Waals surface area contributed by atoms with Crippen LogP contribution in [-0.2, 0) is 0 Å². The SMILES string of the molecule is Cc1ccc(NC2CCN3CCCC3C2)c(Cl)c1. The van der Waals surface area contributed by atoms with Crippen molar-refractivity contribution in [3.05, 3.63) is 28.8 Å². The minimum Gasteiger partial charge on any atom is -0.381 e. The number of piperidine rings is 1. The highest BCUT2D eigenvalue weighted by Gasteiger charge is 2.31. The first-order chi connectivity index (χ1) is 8.72. The minimum atomic E-state index is 0.588. The Labute approximate surface area is 114 Å². The Morgan fingerprint density at radius 1 is 1.28 bits per heavy atom. The van der Waals surface area contributed by atoms with E-state index in [0.717, 1.165) is 16.8 Å². The maximum atomic E-state index is 6.29. The summed E-state index contributed by atoms with van der Waals surface area (Å²) < 4.78 is 0. The van der Waals surface area contributed by atoms with E-state index in [2.05, 4.69) is 29.3 Å². The van der Waals surface area contributed by atoms with Crippen LogP contribution in [0.3, 0.4) is 0 Å². The third-order valence-corrected chi connectivity index (χ3v) is 4.62. The number of benzene rings is 1. The highest BCUT2D eigenvalue weighted by atomic mass is 35.5. The van der Waals surface area contributed by atoms with Gasteiger partial charge in [0, 0.05) is 18.6 Å². The summed E-state index contributed by atoms with van der Waals surface area (Å²) in [5, 5.41) is 4.48. The van der Waals surface area contributed by atoms with Gasteiger partial charge < -0.3 is 10.2 Å². The maximum Gasteiger partial charge on any atom is 0.0640 e. The molecule has 0 saturated carbocycles. The van der Waals surface area contributed by atoms with E-state index in [1.54, 1.807) is 0 Å². The van der Waals surface area contributed by atoms with Gasteiger partial charge in [-0.3, -0.25) is 0 Å². The molecule has 1 aromatic rings. The molecule has 3 rings (SSSR count). The maximum absolute atomic E-state index is 6.29. The third-order valence-electron chi connectivity index (χ3n) is 4.30. The first kappa shape index (κ1) is 12.3. The van der Waals surface area contributed by atoms with Crippen molar-refractivity contribution in [3.63, 3.8) is 0 Å². The Hall–Kier alpha value is -0.730. The Morgan fingerprint density at radius 2 is 2.17 bits per heavy atom. The number of anilines is 1. The number of nitrogens with one attached hydrogen (secondary N) is 1. The van der Waals surface area contributed by atoms with Gasteiger partial charge in [-0.15, -0.1) is 0 Å².